The molecule has 1 amide bonds. The summed E-state index contributed by atoms with van der Waals surface area (Å²) >= 11 is 3.39. The van der Waals surface area contributed by atoms with Gasteiger partial charge >= 0.3 is 6.09 Å². The third-order valence-electron chi connectivity index (χ3n) is 3.65. The van der Waals surface area contributed by atoms with E-state index in [-0.39, 0.29) is 19.0 Å². The van der Waals surface area contributed by atoms with E-state index in [1.54, 1.807) is 20.8 Å². The molecule has 2 atom stereocenters. The van der Waals surface area contributed by atoms with Gasteiger partial charge in [0.15, 0.2) is 0 Å². The zero-order valence-electron chi connectivity index (χ0n) is 14.3. The summed E-state index contributed by atoms with van der Waals surface area (Å²) in [6.45, 7) is 9.50. The van der Waals surface area contributed by atoms with Gasteiger partial charge in [0.2, 0.25) is 0 Å². The fraction of sp³-hybridized carbons (Fsp3) is 0.421. The molecule has 0 saturated carbocycles. The van der Waals surface area contributed by atoms with Gasteiger partial charge in [-0.25, -0.2) is 9.18 Å². The number of amides is 1. The molecule has 1 aromatic carbocycles. The number of ether oxygens (including phenoxy) is 1. The zero-order chi connectivity index (χ0) is 17.9. The molecule has 0 radical (unpaired) electrons. The molecule has 0 bridgehead atoms. The fourth-order valence-corrected chi connectivity index (χ4v) is 2.78. The van der Waals surface area contributed by atoms with Gasteiger partial charge in [0.05, 0.1) is 12.6 Å². The van der Waals surface area contributed by atoms with Crippen LogP contribution in [0.25, 0.3) is 5.57 Å². The molecule has 130 valence electrons. The Kier molecular flexibility index (Phi) is 5.86. The third-order valence-corrected chi connectivity index (χ3v) is 4.18. The predicted octanol–water partition coefficient (Wildman–Crippen LogP) is 5.37. The van der Waals surface area contributed by atoms with Crippen molar-refractivity contribution in [1.29, 1.82) is 0 Å². The van der Waals surface area contributed by atoms with Crippen molar-refractivity contribution >= 4 is 27.6 Å². The molecule has 1 heterocycles. The highest BCUT2D eigenvalue weighted by atomic mass is 79.9. The minimum Gasteiger partial charge on any atom is -0.444 e. The molecule has 0 N–H and O–H groups in total. The highest BCUT2D eigenvalue weighted by Crippen LogP contribution is 2.25. The average Bonchev–Trinajstić information content (AvgIpc) is 2.85. The number of likely N-dealkylation sites (tertiary alicyclic amines) is 1. The van der Waals surface area contributed by atoms with Crippen LogP contribution in [-0.2, 0) is 4.74 Å². The number of carbonyl (C=O) groups excluding carboxylic acids is 1. The summed E-state index contributed by atoms with van der Waals surface area (Å²) in [7, 11) is 0. The van der Waals surface area contributed by atoms with Crippen LogP contribution in [-0.4, -0.2) is 35.4 Å². The lowest BCUT2D eigenvalue weighted by Crippen LogP contribution is -2.39. The van der Waals surface area contributed by atoms with Gasteiger partial charge in [0.25, 0.3) is 0 Å². The van der Waals surface area contributed by atoms with Crippen molar-refractivity contribution in [2.45, 2.75) is 45.0 Å². The van der Waals surface area contributed by atoms with Gasteiger partial charge in [-0.3, -0.25) is 4.90 Å². The Morgan fingerprint density at radius 3 is 2.58 bits per heavy atom. The normalized spacial score (nSPS) is 21.3. The smallest absolute Gasteiger partial charge is 0.410 e. The van der Waals surface area contributed by atoms with Crippen LogP contribution in [0.15, 0.2) is 47.5 Å². The Balaban J connectivity index is 2.07. The van der Waals surface area contributed by atoms with Crippen LogP contribution in [0.2, 0.25) is 0 Å². The minimum absolute atomic E-state index is 0.0642. The number of halogens is 2. The molecule has 0 aromatic heterocycles. The second-order valence-corrected chi connectivity index (χ2v) is 7.84. The Morgan fingerprint density at radius 2 is 2.00 bits per heavy atom. The quantitative estimate of drug-likeness (QED) is 0.644. The van der Waals surface area contributed by atoms with Gasteiger partial charge in [-0.2, -0.15) is 0 Å². The zero-order valence-corrected chi connectivity index (χ0v) is 15.8. The van der Waals surface area contributed by atoms with Crippen LogP contribution in [0.3, 0.4) is 0 Å². The number of hydrogen-bond donors (Lipinski definition) is 0. The monoisotopic (exact) mass is 395 g/mol. The highest BCUT2D eigenvalue weighted by Gasteiger charge is 2.36. The average molecular weight is 396 g/mol. The molecular formula is C19H23BrFNO2. The van der Waals surface area contributed by atoms with E-state index in [9.17, 15) is 9.18 Å². The molecule has 2 rings (SSSR count). The molecule has 0 unspecified atom stereocenters. The lowest BCUT2D eigenvalue weighted by Gasteiger charge is -2.27. The number of carbonyl (C=O) groups is 1. The van der Waals surface area contributed by atoms with E-state index in [1.165, 1.54) is 4.90 Å². The number of hydrogen-bond acceptors (Lipinski definition) is 2. The van der Waals surface area contributed by atoms with Crippen LogP contribution in [0.4, 0.5) is 9.18 Å². The number of allylic oxidation sites excluding steroid dienone is 2. The maximum absolute atomic E-state index is 13.8. The Morgan fingerprint density at radius 1 is 1.38 bits per heavy atom. The first-order chi connectivity index (χ1) is 11.2. The summed E-state index contributed by atoms with van der Waals surface area (Å²) in [5.41, 5.74) is 1.20. The predicted molar refractivity (Wildman–Crippen MR) is 98.6 cm³/mol. The molecule has 1 saturated heterocycles. The summed E-state index contributed by atoms with van der Waals surface area (Å²) in [6.07, 6.45) is 2.43. The van der Waals surface area contributed by atoms with Crippen LogP contribution in [0.5, 0.6) is 0 Å². The van der Waals surface area contributed by atoms with Crippen molar-refractivity contribution in [3.05, 3.63) is 53.0 Å². The molecule has 24 heavy (non-hydrogen) atoms. The molecule has 0 aliphatic carbocycles. The molecule has 1 fully saturated rings. The van der Waals surface area contributed by atoms with Crippen molar-refractivity contribution in [2.75, 3.05) is 6.54 Å². The largest absolute Gasteiger partial charge is 0.444 e. The Labute approximate surface area is 151 Å². The lowest BCUT2D eigenvalue weighted by atomic mass is 10.1. The standard InChI is InChI=1S/C19H23BrFNO2/c1-13(14-6-8-15(20)9-7-14)5-10-17-11-16(21)12-22(17)18(23)24-19(2,3)4/h5-10,16-17H,1,11-12H2,2-4H3/t16-,17-/m1/s1. The molecule has 1 aliphatic rings. The van der Waals surface area contributed by atoms with E-state index < -0.39 is 17.9 Å². The van der Waals surface area contributed by atoms with E-state index >= 15 is 0 Å². The summed E-state index contributed by atoms with van der Waals surface area (Å²) in [5, 5.41) is 0. The van der Waals surface area contributed by atoms with Crippen molar-refractivity contribution in [2.24, 2.45) is 0 Å². The molecule has 3 nitrogen and oxygen atoms in total. The van der Waals surface area contributed by atoms with Crippen LogP contribution in [0, 0.1) is 0 Å². The van der Waals surface area contributed by atoms with E-state index in [0.717, 1.165) is 15.6 Å². The SMILES string of the molecule is C=C(C=C[C@@H]1C[C@@H](F)CN1C(=O)OC(C)(C)C)c1ccc(Br)cc1. The number of rotatable bonds is 3. The highest BCUT2D eigenvalue weighted by molar-refractivity contribution is 9.10. The van der Waals surface area contributed by atoms with E-state index in [1.807, 2.05) is 36.4 Å². The number of alkyl halides is 1. The lowest BCUT2D eigenvalue weighted by molar-refractivity contribution is 0.0246. The summed E-state index contributed by atoms with van der Waals surface area (Å²) in [6, 6.07) is 7.47. The second kappa shape index (κ2) is 7.51. The second-order valence-electron chi connectivity index (χ2n) is 6.92. The Bertz CT molecular complexity index is 634. The van der Waals surface area contributed by atoms with E-state index in [4.69, 9.17) is 4.74 Å². The molecular weight excluding hydrogens is 373 g/mol. The molecule has 0 spiro atoms. The van der Waals surface area contributed by atoms with Crippen molar-refractivity contribution in [1.82, 2.24) is 4.90 Å². The molecule has 1 aromatic rings. The molecule has 5 heteroatoms. The van der Waals surface area contributed by atoms with Crippen LogP contribution >= 0.6 is 15.9 Å². The molecule has 1 aliphatic heterocycles. The van der Waals surface area contributed by atoms with Gasteiger partial charge in [0.1, 0.15) is 11.8 Å². The first-order valence-electron chi connectivity index (χ1n) is 7.92. The first kappa shape index (κ1) is 18.7. The van der Waals surface area contributed by atoms with Crippen molar-refractivity contribution in [3.8, 4) is 0 Å². The van der Waals surface area contributed by atoms with Gasteiger partial charge < -0.3 is 4.74 Å². The topological polar surface area (TPSA) is 29.5 Å². The van der Waals surface area contributed by atoms with E-state index in [0.29, 0.717) is 0 Å². The van der Waals surface area contributed by atoms with Gasteiger partial charge in [-0.05, 0) is 44.0 Å². The van der Waals surface area contributed by atoms with Crippen molar-refractivity contribution in [3.63, 3.8) is 0 Å². The number of benzene rings is 1. The minimum atomic E-state index is -1.03. The summed E-state index contributed by atoms with van der Waals surface area (Å²) in [4.78, 5) is 13.7. The van der Waals surface area contributed by atoms with Crippen molar-refractivity contribution < 1.29 is 13.9 Å². The Hall–Kier alpha value is -1.62. The maximum atomic E-state index is 13.8. The van der Waals surface area contributed by atoms with E-state index in [2.05, 4.69) is 22.5 Å². The third kappa shape index (κ3) is 5.20. The van der Waals surface area contributed by atoms with Gasteiger partial charge in [-0.15, -0.1) is 0 Å². The maximum Gasteiger partial charge on any atom is 0.410 e. The first-order valence-corrected chi connectivity index (χ1v) is 8.72. The van der Waals surface area contributed by atoms with Gasteiger partial charge in [0, 0.05) is 10.9 Å². The van der Waals surface area contributed by atoms with Crippen LogP contribution in [0.1, 0.15) is 32.8 Å². The fourth-order valence-electron chi connectivity index (χ4n) is 2.51. The summed E-state index contributed by atoms with van der Waals surface area (Å²) < 4.78 is 20.2. The van der Waals surface area contributed by atoms with Crippen LogP contribution < -0.4 is 0 Å². The van der Waals surface area contributed by atoms with Gasteiger partial charge in [-0.1, -0.05) is 46.8 Å². The summed E-state index contributed by atoms with van der Waals surface area (Å²) in [5.74, 6) is 0. The number of nitrogens with zero attached hydrogens (tertiary/aromatic N) is 1.